The molecule has 1 heterocycles. The lowest BCUT2D eigenvalue weighted by molar-refractivity contribution is 0.600. The van der Waals surface area contributed by atoms with Gasteiger partial charge in [-0.15, -0.1) is 5.10 Å². The van der Waals surface area contributed by atoms with Gasteiger partial charge in [-0.2, -0.15) is 10.1 Å². The number of sulfonamides is 1. The minimum Gasteiger partial charge on any atom is -0.245 e. The maximum absolute atomic E-state index is 12.1. The quantitative estimate of drug-likeness (QED) is 0.857. The van der Waals surface area contributed by atoms with Crippen LogP contribution in [0.2, 0.25) is 0 Å². The van der Waals surface area contributed by atoms with Gasteiger partial charge in [0.1, 0.15) is 0 Å². The lowest BCUT2D eigenvalue weighted by atomic mass is 10.1. The summed E-state index contributed by atoms with van der Waals surface area (Å²) in [6.07, 6.45) is 0. The number of benzene rings is 1. The van der Waals surface area contributed by atoms with Gasteiger partial charge >= 0.3 is 0 Å². The van der Waals surface area contributed by atoms with Gasteiger partial charge in [-0.3, -0.25) is 0 Å². The Morgan fingerprint density at radius 2 is 2.16 bits per heavy atom. The molecular formula is C10H10N6O2S. The van der Waals surface area contributed by atoms with E-state index >= 15 is 0 Å². The van der Waals surface area contributed by atoms with E-state index in [4.69, 9.17) is 5.26 Å². The molecule has 2 aromatic rings. The Morgan fingerprint density at radius 3 is 2.68 bits per heavy atom. The van der Waals surface area contributed by atoms with E-state index in [-0.39, 0.29) is 10.8 Å². The fraction of sp³-hybridized carbons (Fsp3) is 0.200. The second kappa shape index (κ2) is 4.66. The van der Waals surface area contributed by atoms with Crippen LogP contribution in [0, 0.1) is 18.3 Å². The minimum absolute atomic E-state index is 0.0384. The summed E-state index contributed by atoms with van der Waals surface area (Å²) in [4.78, 5) is 1.18. The smallest absolute Gasteiger partial charge is 0.245 e. The number of anilines is 1. The molecule has 0 aliphatic carbocycles. The van der Waals surface area contributed by atoms with E-state index < -0.39 is 10.0 Å². The standard InChI is InChI=1S/C10H10N6O2S/c1-7-5-9(4-3-8(7)6-11)19(17,18)14-10-12-15-16(2)13-10/h3-5H,1-2H3,(H,13,14). The molecule has 0 amide bonds. The third-order valence-electron chi connectivity index (χ3n) is 2.36. The first-order valence-electron chi connectivity index (χ1n) is 5.20. The number of rotatable bonds is 3. The zero-order chi connectivity index (χ0) is 14.0. The van der Waals surface area contributed by atoms with E-state index in [0.29, 0.717) is 11.1 Å². The fourth-order valence-electron chi connectivity index (χ4n) is 1.43. The number of nitrogens with one attached hydrogen (secondary N) is 1. The molecule has 9 heteroatoms. The van der Waals surface area contributed by atoms with E-state index in [1.165, 1.54) is 25.2 Å². The van der Waals surface area contributed by atoms with Gasteiger partial charge in [0.2, 0.25) is 0 Å². The molecule has 0 saturated heterocycles. The van der Waals surface area contributed by atoms with Gasteiger partial charge in [0.25, 0.3) is 16.0 Å². The summed E-state index contributed by atoms with van der Waals surface area (Å²) in [5.74, 6) is -0.107. The molecule has 0 unspecified atom stereocenters. The van der Waals surface area contributed by atoms with Crippen LogP contribution in [0.5, 0.6) is 0 Å². The van der Waals surface area contributed by atoms with E-state index in [0.717, 1.165) is 4.80 Å². The second-order valence-electron chi connectivity index (χ2n) is 3.80. The first kappa shape index (κ1) is 13.0. The highest BCUT2D eigenvalue weighted by Crippen LogP contribution is 2.16. The third-order valence-corrected chi connectivity index (χ3v) is 3.69. The summed E-state index contributed by atoms with van der Waals surface area (Å²) in [5.41, 5.74) is 1.01. The molecule has 1 aromatic heterocycles. The van der Waals surface area contributed by atoms with Crippen LogP contribution in [-0.4, -0.2) is 28.6 Å². The molecule has 98 valence electrons. The Morgan fingerprint density at radius 1 is 1.42 bits per heavy atom. The van der Waals surface area contributed by atoms with Crippen LogP contribution in [0.3, 0.4) is 0 Å². The number of nitriles is 1. The number of hydrogen-bond donors (Lipinski definition) is 1. The fourth-order valence-corrected chi connectivity index (χ4v) is 2.45. The lowest BCUT2D eigenvalue weighted by Gasteiger charge is -2.05. The predicted molar refractivity (Wildman–Crippen MR) is 65.5 cm³/mol. The molecular weight excluding hydrogens is 268 g/mol. The summed E-state index contributed by atoms with van der Waals surface area (Å²) in [6.45, 7) is 1.66. The Balaban J connectivity index is 2.35. The van der Waals surface area contributed by atoms with Crippen LogP contribution in [0.25, 0.3) is 0 Å². The van der Waals surface area contributed by atoms with Crippen LogP contribution in [-0.2, 0) is 17.1 Å². The molecule has 1 aromatic carbocycles. The minimum atomic E-state index is -3.79. The van der Waals surface area contributed by atoms with Crippen molar-refractivity contribution in [3.8, 4) is 6.07 Å². The number of tetrazole rings is 1. The molecule has 1 N–H and O–H groups in total. The predicted octanol–water partition coefficient (Wildman–Crippen LogP) is 0.191. The van der Waals surface area contributed by atoms with Gasteiger partial charge in [0.05, 0.1) is 23.6 Å². The highest BCUT2D eigenvalue weighted by Gasteiger charge is 2.17. The number of aryl methyl sites for hydroxylation is 2. The number of nitrogens with zero attached hydrogens (tertiary/aromatic N) is 5. The van der Waals surface area contributed by atoms with Crippen molar-refractivity contribution in [2.24, 2.45) is 7.05 Å². The summed E-state index contributed by atoms with van der Waals surface area (Å²) in [7, 11) is -2.26. The van der Waals surface area contributed by atoms with E-state index in [2.05, 4.69) is 20.1 Å². The summed E-state index contributed by atoms with van der Waals surface area (Å²) < 4.78 is 26.3. The molecule has 0 atom stereocenters. The van der Waals surface area contributed by atoms with Crippen LogP contribution < -0.4 is 4.72 Å². The Kier molecular flexibility index (Phi) is 3.18. The van der Waals surface area contributed by atoms with Crippen LogP contribution in [0.1, 0.15) is 11.1 Å². The highest BCUT2D eigenvalue weighted by molar-refractivity contribution is 7.92. The third kappa shape index (κ3) is 2.69. The Labute approximate surface area is 109 Å². The van der Waals surface area contributed by atoms with E-state index in [1.807, 2.05) is 6.07 Å². The number of aromatic nitrogens is 4. The van der Waals surface area contributed by atoms with Crippen LogP contribution >= 0.6 is 0 Å². The van der Waals surface area contributed by atoms with Gasteiger partial charge in [-0.25, -0.2) is 13.1 Å². The average molecular weight is 278 g/mol. The second-order valence-corrected chi connectivity index (χ2v) is 5.48. The van der Waals surface area contributed by atoms with Crippen molar-refractivity contribution < 1.29 is 8.42 Å². The van der Waals surface area contributed by atoms with Crippen molar-refractivity contribution in [3.63, 3.8) is 0 Å². The lowest BCUT2D eigenvalue weighted by Crippen LogP contribution is -2.14. The van der Waals surface area contributed by atoms with Gasteiger partial charge in [0.15, 0.2) is 0 Å². The number of hydrogen-bond acceptors (Lipinski definition) is 6. The first-order valence-corrected chi connectivity index (χ1v) is 6.68. The van der Waals surface area contributed by atoms with Crippen molar-refractivity contribution in [3.05, 3.63) is 29.3 Å². The summed E-state index contributed by atoms with van der Waals surface area (Å²) in [6, 6.07) is 6.19. The van der Waals surface area contributed by atoms with E-state index in [1.54, 1.807) is 6.92 Å². The maximum atomic E-state index is 12.1. The average Bonchev–Trinajstić information content (AvgIpc) is 2.73. The zero-order valence-corrected chi connectivity index (χ0v) is 11.0. The van der Waals surface area contributed by atoms with E-state index in [9.17, 15) is 8.42 Å². The van der Waals surface area contributed by atoms with Gasteiger partial charge in [0, 0.05) is 0 Å². The Hall–Kier alpha value is -2.47. The summed E-state index contributed by atoms with van der Waals surface area (Å²) in [5, 5.41) is 19.6. The molecule has 2 rings (SSSR count). The van der Waals surface area contributed by atoms with Gasteiger partial charge < -0.3 is 0 Å². The molecule has 0 aliphatic heterocycles. The van der Waals surface area contributed by atoms with Crippen molar-refractivity contribution in [2.45, 2.75) is 11.8 Å². The summed E-state index contributed by atoms with van der Waals surface area (Å²) >= 11 is 0. The van der Waals surface area contributed by atoms with Gasteiger partial charge in [-0.05, 0) is 35.9 Å². The van der Waals surface area contributed by atoms with Crippen molar-refractivity contribution in [1.29, 1.82) is 5.26 Å². The topological polar surface area (TPSA) is 114 Å². The SMILES string of the molecule is Cc1cc(S(=O)(=O)Nc2nnn(C)n2)ccc1C#N. The van der Waals surface area contributed by atoms with Crippen molar-refractivity contribution >= 4 is 16.0 Å². The van der Waals surface area contributed by atoms with Crippen molar-refractivity contribution in [2.75, 3.05) is 4.72 Å². The molecule has 0 aliphatic rings. The highest BCUT2D eigenvalue weighted by atomic mass is 32.2. The normalized spacial score (nSPS) is 11.0. The van der Waals surface area contributed by atoms with Gasteiger partial charge in [-0.1, -0.05) is 5.10 Å². The zero-order valence-electron chi connectivity index (χ0n) is 10.2. The van der Waals surface area contributed by atoms with Crippen molar-refractivity contribution in [1.82, 2.24) is 20.2 Å². The molecule has 0 spiro atoms. The molecule has 0 bridgehead atoms. The maximum Gasteiger partial charge on any atom is 0.277 e. The first-order chi connectivity index (χ1) is 8.92. The molecule has 19 heavy (non-hydrogen) atoms. The molecule has 0 radical (unpaired) electrons. The molecule has 0 fully saturated rings. The Bertz CT molecular complexity index is 759. The monoisotopic (exact) mass is 278 g/mol. The van der Waals surface area contributed by atoms with Crippen LogP contribution in [0.15, 0.2) is 23.1 Å². The van der Waals surface area contributed by atoms with Crippen LogP contribution in [0.4, 0.5) is 5.95 Å². The molecule has 0 saturated carbocycles. The largest absolute Gasteiger partial charge is 0.277 e. The molecule has 8 nitrogen and oxygen atoms in total.